The summed E-state index contributed by atoms with van der Waals surface area (Å²) >= 11 is 5.62. The summed E-state index contributed by atoms with van der Waals surface area (Å²) in [5.74, 6) is -0.409. The lowest BCUT2D eigenvalue weighted by molar-refractivity contribution is 0.149. The molecule has 0 spiro atoms. The van der Waals surface area contributed by atoms with Crippen LogP contribution >= 0.6 is 11.6 Å². The van der Waals surface area contributed by atoms with Crippen molar-refractivity contribution in [2.45, 2.75) is 38.8 Å². The van der Waals surface area contributed by atoms with E-state index in [-0.39, 0.29) is 17.2 Å². The second-order valence-corrected chi connectivity index (χ2v) is 4.65. The van der Waals surface area contributed by atoms with Gasteiger partial charge in [0.15, 0.2) is 0 Å². The van der Waals surface area contributed by atoms with E-state index in [2.05, 4.69) is 5.32 Å². The summed E-state index contributed by atoms with van der Waals surface area (Å²) < 4.78 is 13.2. The van der Waals surface area contributed by atoms with Crippen molar-refractivity contribution < 1.29 is 9.50 Å². The lowest BCUT2D eigenvalue weighted by Crippen LogP contribution is -2.47. The number of hydrogen-bond acceptors (Lipinski definition) is 2. The highest BCUT2D eigenvalue weighted by molar-refractivity contribution is 6.30. The summed E-state index contributed by atoms with van der Waals surface area (Å²) in [5.41, 5.74) is 0.544. The number of aliphatic hydroxyl groups is 1. The van der Waals surface area contributed by atoms with Crippen LogP contribution in [-0.2, 0) is 6.54 Å². The molecular weight excluding hydrogens is 241 g/mol. The van der Waals surface area contributed by atoms with Crippen LogP contribution in [0.2, 0.25) is 5.02 Å². The molecule has 0 saturated heterocycles. The van der Waals surface area contributed by atoms with Crippen molar-refractivity contribution in [1.82, 2.24) is 5.32 Å². The molecule has 96 valence electrons. The summed E-state index contributed by atoms with van der Waals surface area (Å²) in [7, 11) is 0. The first kappa shape index (κ1) is 14.4. The van der Waals surface area contributed by atoms with Crippen LogP contribution in [0, 0.1) is 5.82 Å². The summed E-state index contributed by atoms with van der Waals surface area (Å²) in [6.45, 7) is 4.65. The van der Waals surface area contributed by atoms with Gasteiger partial charge in [-0.3, -0.25) is 0 Å². The zero-order chi connectivity index (χ0) is 12.9. The first-order valence-electron chi connectivity index (χ1n) is 5.86. The number of aliphatic hydroxyl groups excluding tert-OH is 1. The summed E-state index contributed by atoms with van der Waals surface area (Å²) in [6.07, 6.45) is 1.66. The van der Waals surface area contributed by atoms with Gasteiger partial charge in [0, 0.05) is 12.1 Å². The molecule has 0 amide bonds. The minimum atomic E-state index is -0.409. The first-order chi connectivity index (χ1) is 8.06. The molecule has 2 nitrogen and oxygen atoms in total. The van der Waals surface area contributed by atoms with Crippen LogP contribution in [0.25, 0.3) is 0 Å². The lowest BCUT2D eigenvalue weighted by Gasteiger charge is -2.31. The zero-order valence-electron chi connectivity index (χ0n) is 10.3. The number of hydrogen-bond donors (Lipinski definition) is 2. The van der Waals surface area contributed by atoms with Crippen LogP contribution in [-0.4, -0.2) is 17.3 Å². The van der Waals surface area contributed by atoms with Crippen molar-refractivity contribution in [2.24, 2.45) is 0 Å². The molecule has 0 aromatic heterocycles. The van der Waals surface area contributed by atoms with E-state index >= 15 is 0 Å². The van der Waals surface area contributed by atoms with Crippen LogP contribution in [0.4, 0.5) is 4.39 Å². The monoisotopic (exact) mass is 259 g/mol. The van der Waals surface area contributed by atoms with Crippen molar-refractivity contribution in [1.29, 1.82) is 0 Å². The van der Waals surface area contributed by atoms with E-state index in [9.17, 15) is 9.50 Å². The summed E-state index contributed by atoms with van der Waals surface area (Å²) in [6, 6.07) is 4.75. The van der Waals surface area contributed by atoms with Gasteiger partial charge in [-0.2, -0.15) is 0 Å². The minimum absolute atomic E-state index is 0.0794. The van der Waals surface area contributed by atoms with Crippen LogP contribution in [0.5, 0.6) is 0 Å². The predicted molar refractivity (Wildman–Crippen MR) is 68.6 cm³/mol. The van der Waals surface area contributed by atoms with Gasteiger partial charge in [0.25, 0.3) is 0 Å². The molecule has 0 aliphatic heterocycles. The van der Waals surface area contributed by atoms with Gasteiger partial charge in [-0.1, -0.05) is 31.5 Å². The number of benzene rings is 1. The van der Waals surface area contributed by atoms with Crippen LogP contribution in [0.1, 0.15) is 32.3 Å². The van der Waals surface area contributed by atoms with E-state index in [1.54, 1.807) is 12.1 Å². The highest BCUT2D eigenvalue weighted by atomic mass is 35.5. The van der Waals surface area contributed by atoms with Crippen molar-refractivity contribution in [2.75, 3.05) is 6.61 Å². The Labute approximate surface area is 107 Å². The van der Waals surface area contributed by atoms with Crippen molar-refractivity contribution in [3.05, 3.63) is 34.6 Å². The van der Waals surface area contributed by atoms with Gasteiger partial charge < -0.3 is 10.4 Å². The molecule has 4 heteroatoms. The number of halogens is 2. The molecule has 1 rings (SSSR count). The largest absolute Gasteiger partial charge is 0.394 e. The third-order valence-corrected chi connectivity index (χ3v) is 3.61. The second kappa shape index (κ2) is 6.34. The Bertz CT molecular complexity index is 358. The number of rotatable bonds is 6. The van der Waals surface area contributed by atoms with E-state index in [1.165, 1.54) is 6.07 Å². The molecule has 2 N–H and O–H groups in total. The molecule has 0 heterocycles. The molecule has 0 aliphatic rings. The van der Waals surface area contributed by atoms with Crippen molar-refractivity contribution in [3.63, 3.8) is 0 Å². The molecule has 0 fully saturated rings. The van der Waals surface area contributed by atoms with Gasteiger partial charge in [-0.25, -0.2) is 4.39 Å². The summed E-state index contributed by atoms with van der Waals surface area (Å²) in [5, 5.41) is 12.8. The zero-order valence-corrected chi connectivity index (χ0v) is 11.0. The third-order valence-electron chi connectivity index (χ3n) is 3.31. The maximum Gasteiger partial charge on any atom is 0.142 e. The van der Waals surface area contributed by atoms with E-state index in [1.807, 2.05) is 13.8 Å². The first-order valence-corrected chi connectivity index (χ1v) is 6.24. The van der Waals surface area contributed by atoms with Gasteiger partial charge in [-0.15, -0.1) is 0 Å². The van der Waals surface area contributed by atoms with E-state index in [4.69, 9.17) is 11.6 Å². The molecule has 0 aliphatic carbocycles. The Balaban J connectivity index is 2.68. The standard InChI is InChI=1S/C13H19ClFNO/c1-3-13(4-2,9-17)16-8-10-5-6-11(14)12(15)7-10/h5-7,16-17H,3-4,8-9H2,1-2H3. The molecule has 0 unspecified atom stereocenters. The molecule has 0 bridgehead atoms. The molecule has 0 atom stereocenters. The topological polar surface area (TPSA) is 32.3 Å². The molecule has 1 aromatic carbocycles. The maximum absolute atomic E-state index is 13.2. The summed E-state index contributed by atoms with van der Waals surface area (Å²) in [4.78, 5) is 0. The fourth-order valence-electron chi connectivity index (χ4n) is 1.72. The van der Waals surface area contributed by atoms with E-state index < -0.39 is 5.82 Å². The molecule has 0 saturated carbocycles. The third kappa shape index (κ3) is 3.66. The number of nitrogens with one attached hydrogen (secondary N) is 1. The minimum Gasteiger partial charge on any atom is -0.394 e. The molecule has 17 heavy (non-hydrogen) atoms. The smallest absolute Gasteiger partial charge is 0.142 e. The predicted octanol–water partition coefficient (Wildman–Crippen LogP) is 3.12. The fraction of sp³-hybridized carbons (Fsp3) is 0.538. The lowest BCUT2D eigenvalue weighted by atomic mass is 9.93. The normalized spacial score (nSPS) is 11.8. The molecular formula is C13H19ClFNO. The van der Waals surface area contributed by atoms with Crippen LogP contribution in [0.3, 0.4) is 0 Å². The Morgan fingerprint density at radius 2 is 2.00 bits per heavy atom. The average Bonchev–Trinajstić information content (AvgIpc) is 2.36. The van der Waals surface area contributed by atoms with Gasteiger partial charge in [0.1, 0.15) is 5.82 Å². The highest BCUT2D eigenvalue weighted by Gasteiger charge is 2.23. The Hall–Kier alpha value is -0.640. The SMILES string of the molecule is CCC(CC)(CO)NCc1ccc(Cl)c(F)c1. The van der Waals surface area contributed by atoms with Crippen molar-refractivity contribution >= 4 is 11.6 Å². The Morgan fingerprint density at radius 3 is 2.47 bits per heavy atom. The van der Waals surface area contributed by atoms with Crippen LogP contribution in [0.15, 0.2) is 18.2 Å². The molecule has 1 aromatic rings. The second-order valence-electron chi connectivity index (χ2n) is 4.25. The fourth-order valence-corrected chi connectivity index (χ4v) is 1.84. The van der Waals surface area contributed by atoms with E-state index in [0.717, 1.165) is 18.4 Å². The highest BCUT2D eigenvalue weighted by Crippen LogP contribution is 2.18. The van der Waals surface area contributed by atoms with Crippen molar-refractivity contribution in [3.8, 4) is 0 Å². The van der Waals surface area contributed by atoms with Crippen LogP contribution < -0.4 is 5.32 Å². The quantitative estimate of drug-likeness (QED) is 0.823. The average molecular weight is 260 g/mol. The Kier molecular flexibility index (Phi) is 5.37. The van der Waals surface area contributed by atoms with Gasteiger partial charge >= 0.3 is 0 Å². The van der Waals surface area contributed by atoms with Gasteiger partial charge in [0.2, 0.25) is 0 Å². The maximum atomic E-state index is 13.2. The Morgan fingerprint density at radius 1 is 1.35 bits per heavy atom. The van der Waals surface area contributed by atoms with Gasteiger partial charge in [0.05, 0.1) is 11.6 Å². The van der Waals surface area contributed by atoms with Gasteiger partial charge in [-0.05, 0) is 30.5 Å². The van der Waals surface area contributed by atoms with E-state index in [0.29, 0.717) is 6.54 Å². The molecule has 0 radical (unpaired) electrons.